The van der Waals surface area contributed by atoms with Crippen molar-refractivity contribution in [3.63, 3.8) is 0 Å². The first kappa shape index (κ1) is 13.7. The quantitative estimate of drug-likeness (QED) is 0.751. The molecule has 0 aromatic rings. The summed E-state index contributed by atoms with van der Waals surface area (Å²) in [5, 5.41) is 0. The topological polar surface area (TPSA) is 26.8 Å². The van der Waals surface area contributed by atoms with Crippen molar-refractivity contribution in [2.24, 2.45) is 5.92 Å². The summed E-state index contributed by atoms with van der Waals surface area (Å²) in [7, 11) is 0. The molecular formula is C14H27N3O. The minimum atomic E-state index is 0.273. The molecule has 1 atom stereocenters. The van der Waals surface area contributed by atoms with Crippen molar-refractivity contribution in [3.05, 3.63) is 0 Å². The van der Waals surface area contributed by atoms with Crippen LogP contribution in [0.2, 0.25) is 0 Å². The van der Waals surface area contributed by atoms with Gasteiger partial charge < -0.3 is 9.80 Å². The average Bonchev–Trinajstić information content (AvgIpc) is 2.86. The first-order valence-electron chi connectivity index (χ1n) is 7.39. The maximum Gasteiger partial charge on any atom is 0.320 e. The highest BCUT2D eigenvalue weighted by molar-refractivity contribution is 5.74. The number of likely N-dealkylation sites (tertiary alicyclic amines) is 1. The van der Waals surface area contributed by atoms with E-state index in [2.05, 4.69) is 30.6 Å². The fourth-order valence-corrected chi connectivity index (χ4v) is 2.97. The first-order valence-corrected chi connectivity index (χ1v) is 7.39. The van der Waals surface area contributed by atoms with Crippen LogP contribution in [-0.4, -0.2) is 66.0 Å². The Labute approximate surface area is 111 Å². The van der Waals surface area contributed by atoms with Crippen molar-refractivity contribution in [2.45, 2.75) is 39.7 Å². The number of carbonyl (C=O) groups excluding carboxylic acids is 1. The van der Waals surface area contributed by atoms with Crippen LogP contribution in [-0.2, 0) is 0 Å². The summed E-state index contributed by atoms with van der Waals surface area (Å²) in [6.07, 6.45) is 2.39. The number of piperazine rings is 1. The molecule has 2 saturated heterocycles. The highest BCUT2D eigenvalue weighted by Gasteiger charge is 2.30. The lowest BCUT2D eigenvalue weighted by molar-refractivity contribution is 0.102. The predicted molar refractivity (Wildman–Crippen MR) is 73.6 cm³/mol. The molecule has 2 fully saturated rings. The van der Waals surface area contributed by atoms with Gasteiger partial charge in [-0.25, -0.2) is 4.79 Å². The Hall–Kier alpha value is -0.770. The highest BCUT2D eigenvalue weighted by atomic mass is 16.2. The molecule has 4 nitrogen and oxygen atoms in total. The third-order valence-electron chi connectivity index (χ3n) is 4.45. The van der Waals surface area contributed by atoms with Crippen LogP contribution >= 0.6 is 0 Å². The van der Waals surface area contributed by atoms with Crippen molar-refractivity contribution < 1.29 is 4.79 Å². The third kappa shape index (κ3) is 2.97. The number of urea groups is 1. The van der Waals surface area contributed by atoms with Gasteiger partial charge >= 0.3 is 6.03 Å². The number of rotatable bonds is 2. The number of carbonyl (C=O) groups is 1. The van der Waals surface area contributed by atoms with Crippen LogP contribution < -0.4 is 0 Å². The summed E-state index contributed by atoms with van der Waals surface area (Å²) in [5.74, 6) is 0.728. The minimum Gasteiger partial charge on any atom is -0.324 e. The summed E-state index contributed by atoms with van der Waals surface area (Å²) in [5.41, 5.74) is 0. The largest absolute Gasteiger partial charge is 0.324 e. The molecule has 1 unspecified atom stereocenters. The zero-order valence-corrected chi connectivity index (χ0v) is 12.1. The van der Waals surface area contributed by atoms with Gasteiger partial charge in [0.2, 0.25) is 0 Å². The number of hydrogen-bond donors (Lipinski definition) is 0. The molecule has 0 aliphatic carbocycles. The van der Waals surface area contributed by atoms with Crippen LogP contribution in [0.25, 0.3) is 0 Å². The number of hydrogen-bond acceptors (Lipinski definition) is 2. The van der Waals surface area contributed by atoms with Gasteiger partial charge in [-0.05, 0) is 26.2 Å². The Balaban J connectivity index is 1.81. The van der Waals surface area contributed by atoms with Crippen molar-refractivity contribution >= 4 is 6.03 Å². The van der Waals surface area contributed by atoms with E-state index in [9.17, 15) is 4.79 Å². The minimum absolute atomic E-state index is 0.273. The fourth-order valence-electron chi connectivity index (χ4n) is 2.97. The van der Waals surface area contributed by atoms with E-state index in [0.29, 0.717) is 6.04 Å². The van der Waals surface area contributed by atoms with Gasteiger partial charge in [0.05, 0.1) is 0 Å². The van der Waals surface area contributed by atoms with Gasteiger partial charge in [0, 0.05) is 45.3 Å². The lowest BCUT2D eigenvalue weighted by Crippen LogP contribution is -2.53. The van der Waals surface area contributed by atoms with Gasteiger partial charge in [0.15, 0.2) is 0 Å². The molecule has 0 aromatic heterocycles. The molecule has 4 heteroatoms. The van der Waals surface area contributed by atoms with E-state index in [4.69, 9.17) is 0 Å². The fraction of sp³-hybridized carbons (Fsp3) is 0.929. The van der Waals surface area contributed by atoms with E-state index in [1.165, 1.54) is 12.8 Å². The molecule has 0 spiro atoms. The van der Waals surface area contributed by atoms with Gasteiger partial charge in [0.1, 0.15) is 0 Å². The second-order valence-corrected chi connectivity index (χ2v) is 5.91. The zero-order chi connectivity index (χ0) is 13.1. The molecule has 0 radical (unpaired) electrons. The molecule has 104 valence electrons. The van der Waals surface area contributed by atoms with Crippen molar-refractivity contribution in [1.29, 1.82) is 0 Å². The summed E-state index contributed by atoms with van der Waals surface area (Å²) >= 11 is 0. The highest BCUT2D eigenvalue weighted by Crippen LogP contribution is 2.20. The van der Waals surface area contributed by atoms with E-state index in [0.717, 1.165) is 45.2 Å². The monoisotopic (exact) mass is 253 g/mol. The van der Waals surface area contributed by atoms with Crippen molar-refractivity contribution in [1.82, 2.24) is 14.7 Å². The normalized spacial score (nSPS) is 26.1. The second kappa shape index (κ2) is 5.91. The SMILES string of the molecule is CCC1CCN(C(=O)N2CCN(C(C)C)CC2)C1. The lowest BCUT2D eigenvalue weighted by atomic mass is 10.1. The lowest BCUT2D eigenvalue weighted by Gasteiger charge is -2.38. The molecule has 0 bridgehead atoms. The molecule has 2 heterocycles. The molecule has 2 amide bonds. The molecule has 2 aliphatic heterocycles. The van der Waals surface area contributed by atoms with Crippen molar-refractivity contribution in [2.75, 3.05) is 39.3 Å². The van der Waals surface area contributed by atoms with Gasteiger partial charge in [-0.15, -0.1) is 0 Å². The Morgan fingerprint density at radius 3 is 2.28 bits per heavy atom. The molecule has 2 aliphatic rings. The Kier molecular flexibility index (Phi) is 4.49. The molecule has 0 N–H and O–H groups in total. The standard InChI is InChI=1S/C14H27N3O/c1-4-13-5-6-17(11-13)14(18)16-9-7-15(8-10-16)12(2)3/h12-13H,4-11H2,1-3H3. The smallest absolute Gasteiger partial charge is 0.320 e. The number of nitrogens with zero attached hydrogens (tertiary/aromatic N) is 3. The van der Waals surface area contributed by atoms with E-state index < -0.39 is 0 Å². The molecule has 18 heavy (non-hydrogen) atoms. The van der Waals surface area contributed by atoms with E-state index in [-0.39, 0.29) is 6.03 Å². The maximum atomic E-state index is 12.4. The summed E-state index contributed by atoms with van der Waals surface area (Å²) in [4.78, 5) is 18.9. The average molecular weight is 253 g/mol. The Morgan fingerprint density at radius 2 is 1.78 bits per heavy atom. The van der Waals surface area contributed by atoms with Crippen LogP contribution in [0.15, 0.2) is 0 Å². The van der Waals surface area contributed by atoms with E-state index in [1.54, 1.807) is 0 Å². The van der Waals surface area contributed by atoms with Crippen LogP contribution in [0.4, 0.5) is 4.79 Å². The first-order chi connectivity index (χ1) is 8.61. The molecule has 2 rings (SSSR count). The second-order valence-electron chi connectivity index (χ2n) is 5.91. The van der Waals surface area contributed by atoms with Crippen LogP contribution in [0, 0.1) is 5.92 Å². The zero-order valence-electron chi connectivity index (χ0n) is 12.1. The molecule has 0 saturated carbocycles. The Morgan fingerprint density at radius 1 is 1.11 bits per heavy atom. The van der Waals surface area contributed by atoms with Crippen LogP contribution in [0.5, 0.6) is 0 Å². The van der Waals surface area contributed by atoms with Crippen LogP contribution in [0.1, 0.15) is 33.6 Å². The predicted octanol–water partition coefficient (Wildman–Crippen LogP) is 1.86. The third-order valence-corrected chi connectivity index (χ3v) is 4.45. The summed E-state index contributed by atoms with van der Waals surface area (Å²) < 4.78 is 0. The van der Waals surface area contributed by atoms with Crippen molar-refractivity contribution in [3.8, 4) is 0 Å². The maximum absolute atomic E-state index is 12.4. The number of amides is 2. The van der Waals surface area contributed by atoms with Gasteiger partial charge in [0.25, 0.3) is 0 Å². The van der Waals surface area contributed by atoms with Gasteiger partial charge in [-0.1, -0.05) is 13.3 Å². The molecular weight excluding hydrogens is 226 g/mol. The Bertz CT molecular complexity index is 285. The molecule has 0 aromatic carbocycles. The van der Waals surface area contributed by atoms with Gasteiger partial charge in [-0.3, -0.25) is 4.90 Å². The van der Waals surface area contributed by atoms with Crippen LogP contribution in [0.3, 0.4) is 0 Å². The van der Waals surface area contributed by atoms with E-state index in [1.807, 2.05) is 4.90 Å². The summed E-state index contributed by atoms with van der Waals surface area (Å²) in [6, 6.07) is 0.868. The summed E-state index contributed by atoms with van der Waals surface area (Å²) in [6.45, 7) is 12.4. The van der Waals surface area contributed by atoms with E-state index >= 15 is 0 Å². The van der Waals surface area contributed by atoms with Gasteiger partial charge in [-0.2, -0.15) is 0 Å².